The third-order valence-electron chi connectivity index (χ3n) is 6.04. The van der Waals surface area contributed by atoms with E-state index in [-0.39, 0.29) is 0 Å². The highest BCUT2D eigenvalue weighted by molar-refractivity contribution is 5.76. The Morgan fingerprint density at radius 2 is 1.41 bits per heavy atom. The van der Waals surface area contributed by atoms with Gasteiger partial charge in [0.15, 0.2) is 0 Å². The smallest absolute Gasteiger partial charge is 0.0807 e. The molecule has 2 rings (SSSR count). The molecule has 152 valence electrons. The van der Waals surface area contributed by atoms with Crippen molar-refractivity contribution in [3.8, 4) is 0 Å². The number of pyridine rings is 1. The van der Waals surface area contributed by atoms with Gasteiger partial charge >= 0.3 is 0 Å². The molecule has 0 bridgehead atoms. The minimum Gasteiger partial charge on any atom is -0.291 e. The fourth-order valence-electron chi connectivity index (χ4n) is 4.31. The van der Waals surface area contributed by atoms with Crippen LogP contribution >= 0.6 is 0 Å². The van der Waals surface area contributed by atoms with Gasteiger partial charge in [-0.1, -0.05) is 109 Å². The second-order valence-electron chi connectivity index (χ2n) is 8.47. The van der Waals surface area contributed by atoms with Crippen LogP contribution in [0.4, 0.5) is 0 Å². The molecule has 0 N–H and O–H groups in total. The molecule has 0 radical (unpaired) electrons. The molecule has 1 aromatic rings. The molecule has 1 aliphatic rings. The molecule has 1 aliphatic carbocycles. The predicted molar refractivity (Wildman–Crippen MR) is 119 cm³/mol. The molecule has 0 amide bonds. The number of aromatic nitrogens is 1. The van der Waals surface area contributed by atoms with Gasteiger partial charge in [0.2, 0.25) is 0 Å². The molecule has 0 atom stereocenters. The zero-order valence-electron chi connectivity index (χ0n) is 17.6. The van der Waals surface area contributed by atoms with Crippen LogP contribution in [-0.4, -0.2) is 17.7 Å². The van der Waals surface area contributed by atoms with Crippen molar-refractivity contribution in [2.75, 3.05) is 6.54 Å². The maximum absolute atomic E-state index is 4.47. The molecule has 27 heavy (non-hydrogen) atoms. The monoisotopic (exact) mass is 370 g/mol. The number of nitrogens with zero attached hydrogens (tertiary/aromatic N) is 2. The van der Waals surface area contributed by atoms with Crippen LogP contribution in [0.15, 0.2) is 29.4 Å². The first-order valence-electron chi connectivity index (χ1n) is 11.9. The number of unbranched alkanes of at least 4 members (excludes halogenated alkanes) is 8. The molecular weight excluding hydrogens is 328 g/mol. The van der Waals surface area contributed by atoms with Crippen molar-refractivity contribution in [3.63, 3.8) is 0 Å². The molecule has 1 fully saturated rings. The first-order valence-corrected chi connectivity index (χ1v) is 11.9. The number of rotatable bonds is 13. The van der Waals surface area contributed by atoms with Gasteiger partial charge in [0, 0.05) is 19.0 Å². The lowest BCUT2D eigenvalue weighted by molar-refractivity contribution is 0.346. The summed E-state index contributed by atoms with van der Waals surface area (Å²) in [5.41, 5.74) is 0.965. The summed E-state index contributed by atoms with van der Waals surface area (Å²) in [5, 5.41) is 0. The van der Waals surface area contributed by atoms with Crippen molar-refractivity contribution in [1.29, 1.82) is 0 Å². The fourth-order valence-corrected chi connectivity index (χ4v) is 4.31. The molecule has 1 saturated carbocycles. The average molecular weight is 371 g/mol. The molecule has 1 heterocycles. The fraction of sp³-hybridized carbons (Fsp3) is 0.760. The highest BCUT2D eigenvalue weighted by atomic mass is 14.7. The summed E-state index contributed by atoms with van der Waals surface area (Å²) in [4.78, 5) is 8.72. The lowest BCUT2D eigenvalue weighted by Crippen LogP contribution is -2.03. The highest BCUT2D eigenvalue weighted by Crippen LogP contribution is 2.26. The summed E-state index contributed by atoms with van der Waals surface area (Å²) < 4.78 is 0. The van der Waals surface area contributed by atoms with Crippen LogP contribution in [0.2, 0.25) is 0 Å². The molecule has 0 saturated heterocycles. The zero-order chi connectivity index (χ0) is 18.8. The van der Waals surface area contributed by atoms with Gasteiger partial charge in [-0.15, -0.1) is 0 Å². The maximum Gasteiger partial charge on any atom is 0.0807 e. The second kappa shape index (κ2) is 15.8. The van der Waals surface area contributed by atoms with Gasteiger partial charge in [-0.3, -0.25) is 9.98 Å². The molecular formula is C25H42N2. The topological polar surface area (TPSA) is 25.2 Å². The van der Waals surface area contributed by atoms with Crippen LogP contribution in [0.3, 0.4) is 0 Å². The summed E-state index contributed by atoms with van der Waals surface area (Å²) in [6.07, 6.45) is 28.4. The van der Waals surface area contributed by atoms with Crippen molar-refractivity contribution < 1.29 is 0 Å². The molecule has 2 heteroatoms. The molecule has 0 aromatic carbocycles. The Morgan fingerprint density at radius 1 is 0.778 bits per heavy atom. The quantitative estimate of drug-likeness (QED) is 0.257. The lowest BCUT2D eigenvalue weighted by Gasteiger charge is -2.19. The number of aliphatic imine (C=N–C) groups is 1. The van der Waals surface area contributed by atoms with Gasteiger partial charge in [-0.05, 0) is 24.5 Å². The van der Waals surface area contributed by atoms with E-state index >= 15 is 0 Å². The summed E-state index contributed by atoms with van der Waals surface area (Å²) >= 11 is 0. The Labute approximate surface area is 168 Å². The van der Waals surface area contributed by atoms with E-state index in [2.05, 4.69) is 9.98 Å². The normalized spacial score (nSPS) is 16.4. The number of hydrogen-bond donors (Lipinski definition) is 0. The van der Waals surface area contributed by atoms with Crippen molar-refractivity contribution in [1.82, 2.24) is 4.98 Å². The second-order valence-corrected chi connectivity index (χ2v) is 8.47. The Hall–Kier alpha value is -1.18. The Bertz CT molecular complexity index is 460. The third-order valence-corrected chi connectivity index (χ3v) is 6.04. The summed E-state index contributed by atoms with van der Waals surface area (Å²) in [6.45, 7) is 0.942. The Morgan fingerprint density at radius 3 is 2.07 bits per heavy atom. The van der Waals surface area contributed by atoms with E-state index in [4.69, 9.17) is 0 Å². The van der Waals surface area contributed by atoms with Gasteiger partial charge < -0.3 is 0 Å². The van der Waals surface area contributed by atoms with Crippen LogP contribution in [0, 0.1) is 5.92 Å². The van der Waals surface area contributed by atoms with Crippen molar-refractivity contribution >= 4 is 6.21 Å². The van der Waals surface area contributed by atoms with Crippen LogP contribution in [0.25, 0.3) is 0 Å². The van der Waals surface area contributed by atoms with Gasteiger partial charge in [-0.2, -0.15) is 0 Å². The first-order chi connectivity index (χ1) is 13.4. The van der Waals surface area contributed by atoms with Crippen LogP contribution in [0.1, 0.15) is 115 Å². The summed E-state index contributed by atoms with van der Waals surface area (Å²) in [7, 11) is 0. The van der Waals surface area contributed by atoms with Gasteiger partial charge in [0.05, 0.1) is 5.69 Å². The molecule has 0 aliphatic heterocycles. The molecule has 2 nitrogen and oxygen atoms in total. The maximum atomic E-state index is 4.47. The first kappa shape index (κ1) is 22.1. The third kappa shape index (κ3) is 12.0. The standard InChI is InChI=1S/C25H42N2/c1(2-4-7-11-17-24-18-12-8-6-9-13-19-24)3-5-10-15-21-26-23-25-20-14-16-22-27-25/h14,16,20,22-24H,1-13,15,17-19,21H2. The predicted octanol–water partition coefficient (Wildman–Crippen LogP) is 7.76. The van der Waals surface area contributed by atoms with E-state index in [1.54, 1.807) is 0 Å². The van der Waals surface area contributed by atoms with Gasteiger partial charge in [0.25, 0.3) is 0 Å². The minimum absolute atomic E-state index is 0.942. The van der Waals surface area contributed by atoms with Crippen molar-refractivity contribution in [2.24, 2.45) is 10.9 Å². The van der Waals surface area contributed by atoms with E-state index in [1.165, 1.54) is 109 Å². The largest absolute Gasteiger partial charge is 0.291 e. The summed E-state index contributed by atoms with van der Waals surface area (Å²) in [5.74, 6) is 1.06. The minimum atomic E-state index is 0.942. The van der Waals surface area contributed by atoms with Crippen molar-refractivity contribution in [2.45, 2.75) is 109 Å². The Kier molecular flexibility index (Phi) is 13.0. The van der Waals surface area contributed by atoms with Crippen LogP contribution in [-0.2, 0) is 0 Å². The van der Waals surface area contributed by atoms with E-state index in [9.17, 15) is 0 Å². The van der Waals surface area contributed by atoms with Gasteiger partial charge in [0.1, 0.15) is 0 Å². The van der Waals surface area contributed by atoms with Gasteiger partial charge in [-0.25, -0.2) is 0 Å². The molecule has 1 aromatic heterocycles. The molecule has 0 spiro atoms. The van der Waals surface area contributed by atoms with Crippen molar-refractivity contribution in [3.05, 3.63) is 30.1 Å². The van der Waals surface area contributed by atoms with E-state index in [0.717, 1.165) is 18.2 Å². The molecule has 0 unspecified atom stereocenters. The van der Waals surface area contributed by atoms with Crippen LogP contribution in [0.5, 0.6) is 0 Å². The lowest BCUT2D eigenvalue weighted by atomic mass is 9.87. The Balaban J connectivity index is 1.32. The average Bonchev–Trinajstić information content (AvgIpc) is 2.67. The van der Waals surface area contributed by atoms with E-state index in [1.807, 2.05) is 30.6 Å². The van der Waals surface area contributed by atoms with Crippen LogP contribution < -0.4 is 0 Å². The van der Waals surface area contributed by atoms with E-state index in [0.29, 0.717) is 0 Å². The van der Waals surface area contributed by atoms with E-state index < -0.39 is 0 Å². The highest BCUT2D eigenvalue weighted by Gasteiger charge is 2.10. The number of hydrogen-bond acceptors (Lipinski definition) is 2. The zero-order valence-corrected chi connectivity index (χ0v) is 17.6. The summed E-state index contributed by atoms with van der Waals surface area (Å²) in [6, 6.07) is 5.95. The SMILES string of the molecule is C(=NCCCCCCCCCCCC1CCCCCCC1)c1ccccn1.